The third-order valence-corrected chi connectivity index (χ3v) is 5.97. The second kappa shape index (κ2) is 8.37. The number of rotatable bonds is 2. The summed E-state index contributed by atoms with van der Waals surface area (Å²) in [4.78, 5) is 35.3. The number of carbonyl (C=O) groups excluding carboxylic acids is 2. The first kappa shape index (κ1) is 20.8. The Hall–Kier alpha value is -2.43. The molecule has 4 rings (SSSR count). The molecule has 0 aliphatic carbocycles. The zero-order valence-corrected chi connectivity index (χ0v) is 16.4. The third kappa shape index (κ3) is 4.66. The van der Waals surface area contributed by atoms with E-state index in [0.29, 0.717) is 44.7 Å². The lowest BCUT2D eigenvalue weighted by Crippen LogP contribution is -2.62. The molecule has 164 valence electrons. The molecule has 30 heavy (non-hydrogen) atoms. The zero-order valence-electron chi connectivity index (χ0n) is 16.4. The molecule has 1 aromatic rings. The van der Waals surface area contributed by atoms with Gasteiger partial charge in [0.25, 0.3) is 0 Å². The molecule has 3 fully saturated rings. The number of urea groups is 1. The number of halogens is 3. The van der Waals surface area contributed by atoms with Crippen molar-refractivity contribution in [3.05, 3.63) is 23.8 Å². The highest BCUT2D eigenvalue weighted by molar-refractivity contribution is 5.79. The van der Waals surface area contributed by atoms with Crippen LogP contribution < -0.4 is 5.32 Å². The summed E-state index contributed by atoms with van der Waals surface area (Å²) in [7, 11) is 0. The highest BCUT2D eigenvalue weighted by Gasteiger charge is 2.38. The second-order valence-corrected chi connectivity index (χ2v) is 8.07. The van der Waals surface area contributed by atoms with E-state index in [2.05, 4.69) is 15.3 Å². The first-order valence-electron chi connectivity index (χ1n) is 10.1. The van der Waals surface area contributed by atoms with Crippen LogP contribution in [-0.2, 0) is 22.1 Å². The van der Waals surface area contributed by atoms with Gasteiger partial charge in [-0.3, -0.25) is 9.78 Å². The molecule has 1 N–H and O–H groups in total. The summed E-state index contributed by atoms with van der Waals surface area (Å²) >= 11 is 0. The fourth-order valence-electron chi connectivity index (χ4n) is 4.30. The number of fused-ring (bicyclic) bond motifs is 1. The van der Waals surface area contributed by atoms with Crippen LogP contribution >= 0.6 is 0 Å². The maximum atomic E-state index is 12.9. The van der Waals surface area contributed by atoms with Crippen molar-refractivity contribution in [3.8, 4) is 0 Å². The van der Waals surface area contributed by atoms with Crippen molar-refractivity contribution >= 4 is 11.9 Å². The zero-order chi connectivity index (χ0) is 21.3. The molecule has 3 aliphatic rings. The van der Waals surface area contributed by atoms with Crippen molar-refractivity contribution < 1.29 is 27.5 Å². The van der Waals surface area contributed by atoms with Crippen LogP contribution in [0.4, 0.5) is 18.0 Å². The van der Waals surface area contributed by atoms with Crippen LogP contribution in [0.15, 0.2) is 12.4 Å². The Morgan fingerprint density at radius 3 is 2.53 bits per heavy atom. The van der Waals surface area contributed by atoms with Crippen LogP contribution in [0.2, 0.25) is 0 Å². The summed E-state index contributed by atoms with van der Waals surface area (Å²) in [5.41, 5.74) is -0.460. The maximum absolute atomic E-state index is 12.9. The van der Waals surface area contributed by atoms with E-state index in [1.165, 1.54) is 6.20 Å². The number of amides is 3. The number of carbonyl (C=O) groups is 2. The van der Waals surface area contributed by atoms with Crippen molar-refractivity contribution in [1.29, 1.82) is 0 Å². The van der Waals surface area contributed by atoms with Crippen LogP contribution in [0.5, 0.6) is 0 Å². The van der Waals surface area contributed by atoms with Crippen LogP contribution in [-0.4, -0.2) is 76.6 Å². The molecule has 3 amide bonds. The molecule has 0 spiro atoms. The van der Waals surface area contributed by atoms with Gasteiger partial charge in [0.2, 0.25) is 5.91 Å². The van der Waals surface area contributed by atoms with E-state index >= 15 is 0 Å². The molecule has 2 atom stereocenters. The molecule has 11 heteroatoms. The number of morpholine rings is 1. The SMILES string of the molecule is O=C1CO[C@@H]2CCN(C(=O)N3CCC(Cc4cnc(C(F)(F)F)cn4)CC3)C[C@@H]2N1. The number of nitrogens with one attached hydrogen (secondary N) is 1. The van der Waals surface area contributed by atoms with Crippen LogP contribution in [0.3, 0.4) is 0 Å². The van der Waals surface area contributed by atoms with E-state index < -0.39 is 11.9 Å². The lowest BCUT2D eigenvalue weighted by molar-refractivity contribution is -0.141. The van der Waals surface area contributed by atoms with Gasteiger partial charge in [0.1, 0.15) is 6.61 Å². The minimum Gasteiger partial charge on any atom is -0.366 e. The van der Waals surface area contributed by atoms with Gasteiger partial charge in [-0.25, -0.2) is 9.78 Å². The molecular weight excluding hydrogens is 403 g/mol. The quantitative estimate of drug-likeness (QED) is 0.772. The standard InChI is InChI=1S/C19H24F3N5O3/c20-19(21,22)16-9-23-13(8-24-16)7-12-1-4-26(5-2-12)18(29)27-6-3-15-14(10-27)25-17(28)11-30-15/h8-9,12,14-15H,1-7,10-11H2,(H,25,28)/t14-,15+/m0/s1. The Morgan fingerprint density at radius 2 is 1.87 bits per heavy atom. The molecule has 0 saturated carbocycles. The number of nitrogens with zero attached hydrogens (tertiary/aromatic N) is 4. The second-order valence-electron chi connectivity index (χ2n) is 8.07. The van der Waals surface area contributed by atoms with E-state index in [1.807, 2.05) is 0 Å². The van der Waals surface area contributed by atoms with E-state index in [0.717, 1.165) is 19.0 Å². The smallest absolute Gasteiger partial charge is 0.366 e. The molecule has 4 heterocycles. The van der Waals surface area contributed by atoms with Crippen molar-refractivity contribution in [1.82, 2.24) is 25.1 Å². The third-order valence-electron chi connectivity index (χ3n) is 5.97. The first-order valence-corrected chi connectivity index (χ1v) is 10.1. The van der Waals surface area contributed by atoms with E-state index in [-0.39, 0.29) is 36.6 Å². The van der Waals surface area contributed by atoms with Gasteiger partial charge in [0.15, 0.2) is 5.69 Å². The van der Waals surface area contributed by atoms with Crippen LogP contribution in [0.1, 0.15) is 30.7 Å². The molecule has 3 aliphatic heterocycles. The van der Waals surface area contributed by atoms with Crippen molar-refractivity contribution in [2.75, 3.05) is 32.8 Å². The van der Waals surface area contributed by atoms with Crippen LogP contribution in [0.25, 0.3) is 0 Å². The summed E-state index contributed by atoms with van der Waals surface area (Å²) in [5.74, 6) is 0.0922. The van der Waals surface area contributed by atoms with Crippen LogP contribution in [0, 0.1) is 5.92 Å². The normalized spacial score (nSPS) is 25.6. The van der Waals surface area contributed by atoms with Crippen molar-refractivity contribution in [2.24, 2.45) is 5.92 Å². The van der Waals surface area contributed by atoms with Gasteiger partial charge in [-0.05, 0) is 31.6 Å². The summed E-state index contributed by atoms with van der Waals surface area (Å²) in [6.07, 6.45) is 0.183. The number of hydrogen-bond acceptors (Lipinski definition) is 5. The van der Waals surface area contributed by atoms with Gasteiger partial charge in [-0.1, -0.05) is 0 Å². The Bertz CT molecular complexity index is 781. The highest BCUT2D eigenvalue weighted by atomic mass is 19.4. The lowest BCUT2D eigenvalue weighted by Gasteiger charge is -2.43. The molecule has 0 bridgehead atoms. The average molecular weight is 427 g/mol. The Kier molecular flexibility index (Phi) is 5.81. The van der Waals surface area contributed by atoms with E-state index in [4.69, 9.17) is 4.74 Å². The number of piperidine rings is 2. The maximum Gasteiger partial charge on any atom is 0.434 e. The molecule has 0 radical (unpaired) electrons. The van der Waals surface area contributed by atoms with Gasteiger partial charge < -0.3 is 19.9 Å². The van der Waals surface area contributed by atoms with Gasteiger partial charge >= 0.3 is 12.2 Å². The van der Waals surface area contributed by atoms with Crippen molar-refractivity contribution in [2.45, 2.75) is 44.0 Å². The first-order chi connectivity index (χ1) is 14.3. The van der Waals surface area contributed by atoms with Gasteiger partial charge in [-0.2, -0.15) is 13.2 Å². The van der Waals surface area contributed by atoms with E-state index in [9.17, 15) is 22.8 Å². The fourth-order valence-corrected chi connectivity index (χ4v) is 4.30. The average Bonchev–Trinajstić information content (AvgIpc) is 2.73. The molecule has 8 nitrogen and oxygen atoms in total. The van der Waals surface area contributed by atoms with Gasteiger partial charge in [0, 0.05) is 32.4 Å². The summed E-state index contributed by atoms with van der Waals surface area (Å²) in [6.45, 7) is 2.29. The minimum absolute atomic E-state index is 0.0395. The predicted octanol–water partition coefficient (Wildman–Crippen LogP) is 1.46. The molecule has 0 unspecified atom stereocenters. The Morgan fingerprint density at radius 1 is 1.13 bits per heavy atom. The number of hydrogen-bond donors (Lipinski definition) is 1. The Labute approximate surface area is 171 Å². The summed E-state index contributed by atoms with van der Waals surface area (Å²) in [6, 6.07) is -0.208. The predicted molar refractivity (Wildman–Crippen MR) is 98.3 cm³/mol. The number of ether oxygens (including phenoxy) is 1. The molecule has 1 aromatic heterocycles. The number of aromatic nitrogens is 2. The van der Waals surface area contributed by atoms with Crippen molar-refractivity contribution in [3.63, 3.8) is 0 Å². The highest BCUT2D eigenvalue weighted by Crippen LogP contribution is 2.28. The molecule has 0 aromatic carbocycles. The van der Waals surface area contributed by atoms with Gasteiger partial charge in [-0.15, -0.1) is 0 Å². The number of alkyl halides is 3. The van der Waals surface area contributed by atoms with E-state index in [1.54, 1.807) is 9.80 Å². The summed E-state index contributed by atoms with van der Waals surface area (Å²) < 4.78 is 43.3. The monoisotopic (exact) mass is 427 g/mol. The minimum atomic E-state index is -4.49. The Balaban J connectivity index is 1.26. The largest absolute Gasteiger partial charge is 0.434 e. The number of likely N-dealkylation sites (tertiary alicyclic amines) is 2. The topological polar surface area (TPSA) is 87.7 Å². The lowest BCUT2D eigenvalue weighted by atomic mass is 9.92. The summed E-state index contributed by atoms with van der Waals surface area (Å²) in [5, 5.41) is 2.89. The fraction of sp³-hybridized carbons (Fsp3) is 0.684. The molecular formula is C19H24F3N5O3. The van der Waals surface area contributed by atoms with Gasteiger partial charge in [0.05, 0.1) is 24.0 Å². The molecule has 3 saturated heterocycles.